The lowest BCUT2D eigenvalue weighted by molar-refractivity contribution is -0.128. The van der Waals surface area contributed by atoms with E-state index in [0.29, 0.717) is 10.9 Å². The van der Waals surface area contributed by atoms with E-state index < -0.39 is 5.54 Å². The predicted molar refractivity (Wildman–Crippen MR) is 82.6 cm³/mol. The summed E-state index contributed by atoms with van der Waals surface area (Å²) in [7, 11) is 0. The van der Waals surface area contributed by atoms with Crippen LogP contribution in [0.15, 0.2) is 24.3 Å². The van der Waals surface area contributed by atoms with Gasteiger partial charge < -0.3 is 11.1 Å². The van der Waals surface area contributed by atoms with Crippen LogP contribution >= 0.6 is 11.6 Å². The molecule has 3 nitrogen and oxygen atoms in total. The van der Waals surface area contributed by atoms with Gasteiger partial charge in [0, 0.05) is 5.02 Å². The van der Waals surface area contributed by atoms with Gasteiger partial charge in [0.15, 0.2) is 0 Å². The van der Waals surface area contributed by atoms with Gasteiger partial charge in [0.25, 0.3) is 0 Å². The Kier molecular flexibility index (Phi) is 4.71. The molecular formula is C16H23ClN2O. The Morgan fingerprint density at radius 1 is 1.55 bits per heavy atom. The molecule has 3 atom stereocenters. The molecule has 110 valence electrons. The predicted octanol–water partition coefficient (Wildman–Crippen LogP) is 3.42. The molecule has 1 aliphatic rings. The lowest BCUT2D eigenvalue weighted by atomic mass is 9.76. The van der Waals surface area contributed by atoms with Gasteiger partial charge >= 0.3 is 0 Å². The summed E-state index contributed by atoms with van der Waals surface area (Å²) in [5.41, 5.74) is 6.59. The Balaban J connectivity index is 2.03. The molecule has 1 saturated carbocycles. The van der Waals surface area contributed by atoms with E-state index >= 15 is 0 Å². The van der Waals surface area contributed by atoms with Crippen LogP contribution in [0.3, 0.4) is 0 Å². The van der Waals surface area contributed by atoms with E-state index in [-0.39, 0.29) is 11.9 Å². The molecule has 3 N–H and O–H groups in total. The number of amides is 1. The maximum absolute atomic E-state index is 12.5. The molecule has 1 aromatic carbocycles. The molecule has 0 aromatic heterocycles. The molecule has 1 aromatic rings. The van der Waals surface area contributed by atoms with E-state index in [9.17, 15) is 4.79 Å². The maximum atomic E-state index is 12.5. The Morgan fingerprint density at radius 2 is 2.30 bits per heavy atom. The van der Waals surface area contributed by atoms with Crippen molar-refractivity contribution in [3.05, 3.63) is 34.9 Å². The van der Waals surface area contributed by atoms with Crippen molar-refractivity contribution in [1.82, 2.24) is 5.32 Å². The summed E-state index contributed by atoms with van der Waals surface area (Å²) in [5, 5.41) is 3.71. The van der Waals surface area contributed by atoms with Crippen LogP contribution < -0.4 is 11.1 Å². The molecule has 2 rings (SSSR count). The fourth-order valence-electron chi connectivity index (χ4n) is 3.00. The van der Waals surface area contributed by atoms with Crippen LogP contribution in [0.25, 0.3) is 0 Å². The molecule has 2 unspecified atom stereocenters. The first kappa shape index (κ1) is 15.3. The summed E-state index contributed by atoms with van der Waals surface area (Å²) in [6.07, 6.45) is 3.72. The quantitative estimate of drug-likeness (QED) is 0.897. The second-order valence-electron chi connectivity index (χ2n) is 6.11. The van der Waals surface area contributed by atoms with E-state index in [1.807, 2.05) is 31.2 Å². The molecule has 1 amide bonds. The third-order valence-corrected chi connectivity index (χ3v) is 4.42. The van der Waals surface area contributed by atoms with Crippen molar-refractivity contribution in [2.45, 2.75) is 51.1 Å². The highest BCUT2D eigenvalue weighted by molar-refractivity contribution is 6.30. The van der Waals surface area contributed by atoms with Crippen molar-refractivity contribution < 1.29 is 4.79 Å². The molecule has 0 spiro atoms. The van der Waals surface area contributed by atoms with Crippen molar-refractivity contribution in [3.8, 4) is 0 Å². The van der Waals surface area contributed by atoms with Crippen LogP contribution in [0.4, 0.5) is 0 Å². The Labute approximate surface area is 125 Å². The monoisotopic (exact) mass is 294 g/mol. The van der Waals surface area contributed by atoms with Gasteiger partial charge in [0.2, 0.25) is 5.91 Å². The zero-order valence-electron chi connectivity index (χ0n) is 12.2. The molecule has 1 aliphatic carbocycles. The minimum absolute atomic E-state index is 0.0449. The highest BCUT2D eigenvalue weighted by Gasteiger charge is 2.38. The van der Waals surface area contributed by atoms with Gasteiger partial charge in [-0.25, -0.2) is 0 Å². The molecule has 0 bridgehead atoms. The van der Waals surface area contributed by atoms with Crippen LogP contribution in [-0.4, -0.2) is 11.4 Å². The molecule has 4 heteroatoms. The molecule has 1 fully saturated rings. The minimum Gasteiger partial charge on any atom is -0.348 e. The minimum atomic E-state index is -0.718. The average molecular weight is 295 g/mol. The number of rotatable bonds is 3. The smallest absolute Gasteiger partial charge is 0.240 e. The molecular weight excluding hydrogens is 272 g/mol. The number of benzene rings is 1. The summed E-state index contributed by atoms with van der Waals surface area (Å²) < 4.78 is 0. The van der Waals surface area contributed by atoms with E-state index in [0.717, 1.165) is 31.2 Å². The van der Waals surface area contributed by atoms with E-state index in [1.54, 1.807) is 0 Å². The number of carbonyl (C=O) groups is 1. The van der Waals surface area contributed by atoms with E-state index in [4.69, 9.17) is 17.3 Å². The molecule has 20 heavy (non-hydrogen) atoms. The third-order valence-electron chi connectivity index (χ3n) is 4.18. The summed E-state index contributed by atoms with van der Waals surface area (Å²) >= 11 is 5.98. The fraction of sp³-hybridized carbons (Fsp3) is 0.562. The molecule has 0 saturated heterocycles. The first-order valence-corrected chi connectivity index (χ1v) is 7.64. The van der Waals surface area contributed by atoms with Crippen molar-refractivity contribution >= 4 is 17.5 Å². The molecule has 0 aliphatic heterocycles. The maximum Gasteiger partial charge on any atom is 0.240 e. The van der Waals surface area contributed by atoms with Gasteiger partial charge in [-0.15, -0.1) is 0 Å². The zero-order chi connectivity index (χ0) is 14.8. The van der Waals surface area contributed by atoms with Gasteiger partial charge in [-0.2, -0.15) is 0 Å². The normalized spacial score (nSPS) is 27.9. The lowest BCUT2D eigenvalue weighted by Gasteiger charge is -2.36. The third kappa shape index (κ3) is 3.53. The number of nitrogens with one attached hydrogen (secondary N) is 1. The number of halogens is 1. The van der Waals surface area contributed by atoms with E-state index in [2.05, 4.69) is 12.2 Å². The summed E-state index contributed by atoms with van der Waals surface area (Å²) in [4.78, 5) is 12.5. The second-order valence-corrected chi connectivity index (χ2v) is 6.54. The standard InChI is InChI=1S/C16H23ClN2O/c1-11-5-4-8-16(18,10-11)15(20)19-12(2)13-6-3-7-14(17)9-13/h3,6-7,9,11-12H,4-5,8,10,18H2,1-2H3,(H,19,20)/t11?,12-,16?/m1/s1. The number of hydrogen-bond donors (Lipinski definition) is 2. The Morgan fingerprint density at radius 3 is 2.95 bits per heavy atom. The number of carbonyl (C=O) groups excluding carboxylic acids is 1. The highest BCUT2D eigenvalue weighted by atomic mass is 35.5. The van der Waals surface area contributed by atoms with Crippen LogP contribution in [0.5, 0.6) is 0 Å². The van der Waals surface area contributed by atoms with E-state index in [1.165, 1.54) is 0 Å². The zero-order valence-corrected chi connectivity index (χ0v) is 12.9. The fourth-order valence-corrected chi connectivity index (χ4v) is 3.20. The van der Waals surface area contributed by atoms with Crippen molar-refractivity contribution in [1.29, 1.82) is 0 Å². The van der Waals surface area contributed by atoms with Gasteiger partial charge in [0.05, 0.1) is 11.6 Å². The van der Waals surface area contributed by atoms with Crippen LogP contribution in [0.1, 0.15) is 51.1 Å². The SMILES string of the molecule is CC1CCCC(N)(C(=O)N[C@H](C)c2cccc(Cl)c2)C1. The highest BCUT2D eigenvalue weighted by Crippen LogP contribution is 2.31. The summed E-state index contributed by atoms with van der Waals surface area (Å²) in [5.74, 6) is 0.470. The van der Waals surface area contributed by atoms with Gasteiger partial charge in [-0.05, 0) is 43.4 Å². The van der Waals surface area contributed by atoms with Crippen LogP contribution in [0, 0.1) is 5.92 Å². The van der Waals surface area contributed by atoms with Crippen LogP contribution in [0.2, 0.25) is 5.02 Å². The largest absolute Gasteiger partial charge is 0.348 e. The van der Waals surface area contributed by atoms with Crippen molar-refractivity contribution in [3.63, 3.8) is 0 Å². The van der Waals surface area contributed by atoms with Crippen LogP contribution in [-0.2, 0) is 4.79 Å². The van der Waals surface area contributed by atoms with Crippen molar-refractivity contribution in [2.75, 3.05) is 0 Å². The molecule has 0 heterocycles. The Hall–Kier alpha value is -1.06. The van der Waals surface area contributed by atoms with Crippen molar-refractivity contribution in [2.24, 2.45) is 11.7 Å². The number of hydrogen-bond acceptors (Lipinski definition) is 2. The summed E-state index contributed by atoms with van der Waals surface area (Å²) in [6.45, 7) is 4.12. The lowest BCUT2D eigenvalue weighted by Crippen LogP contribution is -2.56. The van der Waals surface area contributed by atoms with Gasteiger partial charge in [0.1, 0.15) is 0 Å². The molecule has 0 radical (unpaired) electrons. The summed E-state index contributed by atoms with van der Waals surface area (Å²) in [6, 6.07) is 7.47. The first-order chi connectivity index (χ1) is 9.40. The topological polar surface area (TPSA) is 55.1 Å². The van der Waals surface area contributed by atoms with Gasteiger partial charge in [-0.1, -0.05) is 43.5 Å². The van der Waals surface area contributed by atoms with Gasteiger partial charge in [-0.3, -0.25) is 4.79 Å². The average Bonchev–Trinajstić information content (AvgIpc) is 2.38. The second kappa shape index (κ2) is 6.15. The Bertz CT molecular complexity index is 491. The number of nitrogens with two attached hydrogens (primary N) is 1. The first-order valence-electron chi connectivity index (χ1n) is 7.26.